The van der Waals surface area contributed by atoms with Crippen LogP contribution in [-0.2, 0) is 4.79 Å². The van der Waals surface area contributed by atoms with Gasteiger partial charge in [0.1, 0.15) is 6.17 Å². The van der Waals surface area contributed by atoms with Crippen LogP contribution in [-0.4, -0.2) is 34.4 Å². The molecule has 1 aromatic heterocycles. The lowest BCUT2D eigenvalue weighted by Crippen LogP contribution is -2.45. The first kappa shape index (κ1) is 15.4. The molecule has 0 radical (unpaired) electrons. The van der Waals surface area contributed by atoms with Gasteiger partial charge in [0, 0.05) is 10.9 Å². The highest BCUT2D eigenvalue weighted by Gasteiger charge is 2.53. The van der Waals surface area contributed by atoms with Crippen molar-refractivity contribution in [3.8, 4) is 0 Å². The third-order valence-corrected chi connectivity index (χ3v) is 6.39. The number of thioether (sulfide) groups is 1. The maximum absolute atomic E-state index is 13.1. The van der Waals surface area contributed by atoms with E-state index in [1.54, 1.807) is 11.3 Å². The average Bonchev–Trinajstić information content (AvgIpc) is 3.19. The molecule has 2 unspecified atom stereocenters. The summed E-state index contributed by atoms with van der Waals surface area (Å²) in [7, 11) is 0. The van der Waals surface area contributed by atoms with Crippen molar-refractivity contribution in [2.45, 2.75) is 56.8 Å². The van der Waals surface area contributed by atoms with Crippen molar-refractivity contribution in [2.75, 3.05) is 12.0 Å². The Morgan fingerprint density at radius 2 is 2.29 bits per heavy atom. The standard InChI is InChI=1S/C16H24N2OS2/c1-12(7-11-20-2)18-14(13-6-5-10-21-13)17-16(15(18)19)8-3-4-9-16/h5-6,10,12,14,17H,3-4,7-9,11H2,1-2H3. The molecule has 3 nitrogen and oxygen atoms in total. The maximum atomic E-state index is 13.1. The van der Waals surface area contributed by atoms with Gasteiger partial charge in [-0.1, -0.05) is 18.9 Å². The van der Waals surface area contributed by atoms with E-state index in [4.69, 9.17) is 0 Å². The fourth-order valence-electron chi connectivity index (χ4n) is 3.63. The zero-order chi connectivity index (χ0) is 14.9. The molecular formula is C16H24N2OS2. The summed E-state index contributed by atoms with van der Waals surface area (Å²) in [6.07, 6.45) is 7.61. The topological polar surface area (TPSA) is 32.3 Å². The largest absolute Gasteiger partial charge is 0.318 e. The van der Waals surface area contributed by atoms with E-state index in [9.17, 15) is 4.79 Å². The summed E-state index contributed by atoms with van der Waals surface area (Å²) in [6, 6.07) is 4.53. The Morgan fingerprint density at radius 1 is 1.52 bits per heavy atom. The van der Waals surface area contributed by atoms with Crippen LogP contribution in [0.2, 0.25) is 0 Å². The van der Waals surface area contributed by atoms with E-state index in [0.29, 0.717) is 11.9 Å². The second kappa shape index (κ2) is 6.31. The Morgan fingerprint density at radius 3 is 2.90 bits per heavy atom. The van der Waals surface area contributed by atoms with Crippen LogP contribution < -0.4 is 5.32 Å². The molecule has 3 rings (SSSR count). The van der Waals surface area contributed by atoms with Crippen LogP contribution in [0, 0.1) is 0 Å². The van der Waals surface area contributed by atoms with Crippen LogP contribution in [0.4, 0.5) is 0 Å². The van der Waals surface area contributed by atoms with E-state index in [0.717, 1.165) is 25.0 Å². The van der Waals surface area contributed by atoms with Gasteiger partial charge >= 0.3 is 0 Å². The third-order valence-electron chi connectivity index (χ3n) is 4.82. The normalized spacial score (nSPS) is 25.9. The molecule has 1 amide bonds. The summed E-state index contributed by atoms with van der Waals surface area (Å²) < 4.78 is 0. The molecule has 1 spiro atoms. The summed E-state index contributed by atoms with van der Waals surface area (Å²) in [5.41, 5.74) is -0.276. The summed E-state index contributed by atoms with van der Waals surface area (Å²) in [5.74, 6) is 1.45. The van der Waals surface area contributed by atoms with Crippen molar-refractivity contribution in [3.05, 3.63) is 22.4 Å². The van der Waals surface area contributed by atoms with E-state index in [-0.39, 0.29) is 11.7 Å². The van der Waals surface area contributed by atoms with Gasteiger partial charge in [-0.3, -0.25) is 10.1 Å². The fourth-order valence-corrected chi connectivity index (χ4v) is 4.98. The number of hydrogen-bond donors (Lipinski definition) is 1. The van der Waals surface area contributed by atoms with Gasteiger partial charge in [0.15, 0.2) is 0 Å². The van der Waals surface area contributed by atoms with Crippen molar-refractivity contribution >= 4 is 29.0 Å². The Bertz CT molecular complexity index is 482. The SMILES string of the molecule is CSCCC(C)N1C(=O)C2(CCCC2)NC1c1cccs1. The number of nitrogens with one attached hydrogen (secondary N) is 1. The minimum atomic E-state index is -0.276. The molecule has 1 saturated heterocycles. The number of carbonyl (C=O) groups excluding carboxylic acids is 1. The Hall–Kier alpha value is -0.520. The second-order valence-electron chi connectivity index (χ2n) is 6.19. The molecule has 2 aliphatic rings. The number of hydrogen-bond acceptors (Lipinski definition) is 4. The summed E-state index contributed by atoms with van der Waals surface area (Å²) in [6.45, 7) is 2.20. The highest BCUT2D eigenvalue weighted by molar-refractivity contribution is 7.98. The molecule has 1 aromatic rings. The summed E-state index contributed by atoms with van der Waals surface area (Å²) in [5, 5.41) is 5.81. The molecule has 21 heavy (non-hydrogen) atoms. The van der Waals surface area contributed by atoms with Crippen LogP contribution in [0.15, 0.2) is 17.5 Å². The van der Waals surface area contributed by atoms with Gasteiger partial charge in [0.05, 0.1) is 5.54 Å². The van der Waals surface area contributed by atoms with Crippen LogP contribution in [0.3, 0.4) is 0 Å². The summed E-state index contributed by atoms with van der Waals surface area (Å²) in [4.78, 5) is 16.5. The highest BCUT2D eigenvalue weighted by atomic mass is 32.2. The Labute approximate surface area is 135 Å². The molecule has 2 fully saturated rings. The molecular weight excluding hydrogens is 300 g/mol. The Kier molecular flexibility index (Phi) is 4.62. The van der Waals surface area contributed by atoms with Gasteiger partial charge in [0.2, 0.25) is 5.91 Å². The number of nitrogens with zero attached hydrogens (tertiary/aromatic N) is 1. The maximum Gasteiger partial charge on any atom is 0.244 e. The van der Waals surface area contributed by atoms with Gasteiger partial charge in [-0.05, 0) is 49.6 Å². The van der Waals surface area contributed by atoms with Crippen molar-refractivity contribution in [2.24, 2.45) is 0 Å². The van der Waals surface area contributed by atoms with Crippen LogP contribution in [0.1, 0.15) is 50.1 Å². The lowest BCUT2D eigenvalue weighted by atomic mass is 9.97. The van der Waals surface area contributed by atoms with Gasteiger partial charge in [0.25, 0.3) is 0 Å². The van der Waals surface area contributed by atoms with Crippen molar-refractivity contribution in [3.63, 3.8) is 0 Å². The number of rotatable bonds is 5. The molecule has 1 aliphatic heterocycles. The lowest BCUT2D eigenvalue weighted by molar-refractivity contribution is -0.135. The lowest BCUT2D eigenvalue weighted by Gasteiger charge is -2.30. The van der Waals surface area contributed by atoms with Crippen LogP contribution >= 0.6 is 23.1 Å². The number of amides is 1. The number of thiophene rings is 1. The van der Waals surface area contributed by atoms with Gasteiger partial charge in [-0.15, -0.1) is 11.3 Å². The monoisotopic (exact) mass is 324 g/mol. The average molecular weight is 325 g/mol. The zero-order valence-corrected chi connectivity index (χ0v) is 14.4. The molecule has 116 valence electrons. The quantitative estimate of drug-likeness (QED) is 0.897. The first-order chi connectivity index (χ1) is 10.2. The smallest absolute Gasteiger partial charge is 0.244 e. The minimum absolute atomic E-state index is 0.0763. The Balaban J connectivity index is 1.87. The van der Waals surface area contributed by atoms with Gasteiger partial charge in [-0.25, -0.2) is 0 Å². The predicted octanol–water partition coefficient (Wildman–Crippen LogP) is 3.63. The summed E-state index contributed by atoms with van der Waals surface area (Å²) >= 11 is 3.60. The van der Waals surface area contributed by atoms with E-state index in [1.807, 2.05) is 11.8 Å². The van der Waals surface area contributed by atoms with Crippen molar-refractivity contribution in [1.29, 1.82) is 0 Å². The highest BCUT2D eigenvalue weighted by Crippen LogP contribution is 2.43. The van der Waals surface area contributed by atoms with Gasteiger partial charge in [-0.2, -0.15) is 11.8 Å². The zero-order valence-electron chi connectivity index (χ0n) is 12.8. The molecule has 1 saturated carbocycles. The third kappa shape index (κ3) is 2.76. The van der Waals surface area contributed by atoms with Crippen molar-refractivity contribution in [1.82, 2.24) is 10.2 Å². The second-order valence-corrected chi connectivity index (χ2v) is 8.16. The molecule has 5 heteroatoms. The van der Waals surface area contributed by atoms with Crippen LogP contribution in [0.5, 0.6) is 0 Å². The first-order valence-corrected chi connectivity index (χ1v) is 10.1. The fraction of sp³-hybridized carbons (Fsp3) is 0.688. The first-order valence-electron chi connectivity index (χ1n) is 7.81. The van der Waals surface area contributed by atoms with E-state index in [2.05, 4.69) is 40.9 Å². The molecule has 0 aromatic carbocycles. The number of carbonyl (C=O) groups is 1. The molecule has 2 heterocycles. The van der Waals surface area contributed by atoms with Crippen LogP contribution in [0.25, 0.3) is 0 Å². The molecule has 2 atom stereocenters. The minimum Gasteiger partial charge on any atom is -0.318 e. The molecule has 0 bridgehead atoms. The molecule has 1 aliphatic carbocycles. The van der Waals surface area contributed by atoms with Gasteiger partial charge < -0.3 is 4.90 Å². The van der Waals surface area contributed by atoms with E-state index < -0.39 is 0 Å². The van der Waals surface area contributed by atoms with Crippen molar-refractivity contribution < 1.29 is 4.79 Å². The van der Waals surface area contributed by atoms with E-state index >= 15 is 0 Å². The van der Waals surface area contributed by atoms with E-state index in [1.165, 1.54) is 17.7 Å². The predicted molar refractivity (Wildman–Crippen MR) is 90.7 cm³/mol. The molecule has 1 N–H and O–H groups in total.